The van der Waals surface area contributed by atoms with E-state index in [0.717, 1.165) is 5.92 Å². The third-order valence-corrected chi connectivity index (χ3v) is 2.26. The van der Waals surface area contributed by atoms with Crippen LogP contribution in [0.5, 0.6) is 0 Å². The molecule has 2 rings (SSSR count). The van der Waals surface area contributed by atoms with Crippen LogP contribution < -0.4 is 0 Å². The predicted molar refractivity (Wildman–Crippen MR) is 67.8 cm³/mol. The second-order valence-corrected chi connectivity index (χ2v) is 3.28. The monoisotopic (exact) mass is 194 g/mol. The Bertz CT molecular complexity index is 213. The lowest BCUT2D eigenvalue weighted by molar-refractivity contribution is 0.628. The van der Waals surface area contributed by atoms with Gasteiger partial charge in [0.25, 0.3) is 0 Å². The van der Waals surface area contributed by atoms with Crippen LogP contribution in [0.1, 0.15) is 46.8 Å². The molecule has 0 aliphatic heterocycles. The molecule has 0 N–H and O–H groups in total. The van der Waals surface area contributed by atoms with Crippen molar-refractivity contribution in [2.45, 2.75) is 48.5 Å². The van der Waals surface area contributed by atoms with Gasteiger partial charge in [-0.15, -0.1) is 0 Å². The zero-order valence-corrected chi connectivity index (χ0v) is 8.30. The highest BCUT2D eigenvalue weighted by Crippen LogP contribution is 2.25. The van der Waals surface area contributed by atoms with E-state index in [-0.39, 0.29) is 14.9 Å². The lowest BCUT2D eigenvalue weighted by atomic mass is 10.1. The zero-order chi connectivity index (χ0) is 8.97. The number of fused-ring (bicyclic) bond motifs is 1. The summed E-state index contributed by atoms with van der Waals surface area (Å²) < 4.78 is 0. The van der Waals surface area contributed by atoms with Crippen LogP contribution in [0.15, 0.2) is 24.3 Å². The van der Waals surface area contributed by atoms with Crippen molar-refractivity contribution in [2.24, 2.45) is 5.92 Å². The third-order valence-electron chi connectivity index (χ3n) is 2.26. The van der Waals surface area contributed by atoms with Gasteiger partial charge in [-0.3, -0.25) is 0 Å². The number of hydrogen-bond donors (Lipinski definition) is 0. The first-order chi connectivity index (χ1) is 5.86. The van der Waals surface area contributed by atoms with Crippen molar-refractivity contribution in [3.8, 4) is 0 Å². The molecule has 0 spiro atoms. The molecule has 0 nitrogen and oxygen atoms in total. The summed E-state index contributed by atoms with van der Waals surface area (Å²) >= 11 is 0. The van der Waals surface area contributed by atoms with Gasteiger partial charge in [0.2, 0.25) is 0 Å². The average Bonchev–Trinajstić information content (AvgIpc) is 2.48. The van der Waals surface area contributed by atoms with E-state index in [2.05, 4.69) is 31.2 Å². The van der Waals surface area contributed by atoms with E-state index in [4.69, 9.17) is 0 Å². The maximum Gasteiger partial charge on any atom is -0.0247 e. The first-order valence-corrected chi connectivity index (χ1v) is 4.93. The summed E-state index contributed by atoms with van der Waals surface area (Å²) in [5.41, 5.74) is 3.13. The van der Waals surface area contributed by atoms with Crippen molar-refractivity contribution in [3.63, 3.8) is 0 Å². The normalized spacial score (nSPS) is 12.8. The fourth-order valence-corrected chi connectivity index (χ4v) is 1.78. The quantitative estimate of drug-likeness (QED) is 0.560. The van der Waals surface area contributed by atoms with Gasteiger partial charge in [0, 0.05) is 0 Å². The Morgan fingerprint density at radius 2 is 1.29 bits per heavy atom. The maximum atomic E-state index is 2.32. The lowest BCUT2D eigenvalue weighted by Crippen LogP contribution is -1.89. The molecule has 0 fully saturated rings. The van der Waals surface area contributed by atoms with Crippen LogP contribution in [-0.2, 0) is 12.8 Å². The molecule has 1 aliphatic carbocycles. The van der Waals surface area contributed by atoms with Gasteiger partial charge >= 0.3 is 0 Å². The molecular formula is C14H26. The zero-order valence-electron chi connectivity index (χ0n) is 8.30. The smallest absolute Gasteiger partial charge is 0.0247 e. The summed E-state index contributed by atoms with van der Waals surface area (Å²) in [6.45, 7) is 6.32. The molecule has 82 valence electrons. The Hall–Kier alpha value is -0.780. The molecule has 0 saturated carbocycles. The van der Waals surface area contributed by atoms with Crippen LogP contribution in [0.2, 0.25) is 0 Å². The molecule has 0 amide bonds. The van der Waals surface area contributed by atoms with Crippen LogP contribution in [0, 0.1) is 5.92 Å². The van der Waals surface area contributed by atoms with Gasteiger partial charge in [0.15, 0.2) is 0 Å². The Morgan fingerprint density at radius 1 is 0.929 bits per heavy atom. The summed E-state index contributed by atoms with van der Waals surface area (Å²) in [4.78, 5) is 0. The molecule has 0 saturated heterocycles. The van der Waals surface area contributed by atoms with Crippen LogP contribution >= 0.6 is 0 Å². The van der Waals surface area contributed by atoms with Crippen molar-refractivity contribution in [3.05, 3.63) is 35.4 Å². The highest BCUT2D eigenvalue weighted by atomic mass is 14.2. The van der Waals surface area contributed by atoms with Gasteiger partial charge in [-0.05, 0) is 29.9 Å². The fraction of sp³-hybridized carbons (Fsp3) is 0.571. The molecule has 14 heavy (non-hydrogen) atoms. The first kappa shape index (κ1) is 15.7. The van der Waals surface area contributed by atoms with E-state index in [9.17, 15) is 0 Å². The Kier molecular flexibility index (Phi) is 8.52. The molecule has 1 aliphatic rings. The van der Waals surface area contributed by atoms with E-state index >= 15 is 0 Å². The van der Waals surface area contributed by atoms with Crippen LogP contribution in [0.4, 0.5) is 0 Å². The van der Waals surface area contributed by atoms with E-state index in [1.54, 1.807) is 11.1 Å². The standard InChI is InChI=1S/C10H12.C2H6.2CH4/c1-8-6-9-4-2-3-5-10(9)7-8;1-2;;/h2-5,8H,6-7H2,1H3;1-2H3;2*1H4. The minimum absolute atomic E-state index is 0. The highest BCUT2D eigenvalue weighted by molar-refractivity contribution is 5.31. The van der Waals surface area contributed by atoms with Crippen LogP contribution in [0.25, 0.3) is 0 Å². The Balaban J connectivity index is 0. The van der Waals surface area contributed by atoms with E-state index in [1.807, 2.05) is 13.8 Å². The maximum absolute atomic E-state index is 2.32. The highest BCUT2D eigenvalue weighted by Gasteiger charge is 2.15. The minimum Gasteiger partial charge on any atom is -0.0776 e. The van der Waals surface area contributed by atoms with Crippen LogP contribution in [0.3, 0.4) is 0 Å². The fourth-order valence-electron chi connectivity index (χ4n) is 1.78. The van der Waals surface area contributed by atoms with E-state index < -0.39 is 0 Å². The topological polar surface area (TPSA) is 0 Å². The molecule has 0 unspecified atom stereocenters. The number of hydrogen-bond acceptors (Lipinski definition) is 0. The van der Waals surface area contributed by atoms with Crippen molar-refractivity contribution < 1.29 is 0 Å². The Labute approximate surface area is 90.4 Å². The summed E-state index contributed by atoms with van der Waals surface area (Å²) in [7, 11) is 0. The van der Waals surface area contributed by atoms with Gasteiger partial charge < -0.3 is 0 Å². The molecule has 0 bridgehead atoms. The second kappa shape index (κ2) is 7.61. The van der Waals surface area contributed by atoms with Crippen molar-refractivity contribution in [1.29, 1.82) is 0 Å². The molecule has 0 atom stereocenters. The third kappa shape index (κ3) is 3.53. The van der Waals surface area contributed by atoms with Gasteiger partial charge in [0.1, 0.15) is 0 Å². The molecular weight excluding hydrogens is 168 g/mol. The van der Waals surface area contributed by atoms with Gasteiger partial charge in [-0.1, -0.05) is 59.9 Å². The minimum atomic E-state index is 0. The van der Waals surface area contributed by atoms with Gasteiger partial charge in [-0.2, -0.15) is 0 Å². The lowest BCUT2D eigenvalue weighted by Gasteiger charge is -1.93. The number of rotatable bonds is 0. The predicted octanol–water partition coefficient (Wildman–Crippen LogP) is 4.72. The van der Waals surface area contributed by atoms with Crippen molar-refractivity contribution >= 4 is 0 Å². The SMILES string of the molecule is C.C.CC.CC1Cc2ccccc2C1. The van der Waals surface area contributed by atoms with E-state index in [0.29, 0.717) is 0 Å². The van der Waals surface area contributed by atoms with Crippen molar-refractivity contribution in [1.82, 2.24) is 0 Å². The molecule has 0 heteroatoms. The summed E-state index contributed by atoms with van der Waals surface area (Å²) in [5, 5.41) is 0. The average molecular weight is 194 g/mol. The summed E-state index contributed by atoms with van der Waals surface area (Å²) in [6, 6.07) is 8.77. The van der Waals surface area contributed by atoms with Gasteiger partial charge in [0.05, 0.1) is 0 Å². The summed E-state index contributed by atoms with van der Waals surface area (Å²) in [6.07, 6.45) is 2.58. The molecule has 1 aromatic rings. The number of benzene rings is 1. The summed E-state index contributed by atoms with van der Waals surface area (Å²) in [5.74, 6) is 0.873. The van der Waals surface area contributed by atoms with Crippen LogP contribution in [-0.4, -0.2) is 0 Å². The Morgan fingerprint density at radius 3 is 1.64 bits per heavy atom. The molecule has 0 radical (unpaired) electrons. The molecule has 0 aromatic heterocycles. The largest absolute Gasteiger partial charge is 0.0776 e. The molecule has 0 heterocycles. The molecule has 1 aromatic carbocycles. The van der Waals surface area contributed by atoms with Gasteiger partial charge in [-0.25, -0.2) is 0 Å². The first-order valence-electron chi connectivity index (χ1n) is 4.93. The van der Waals surface area contributed by atoms with Crippen molar-refractivity contribution in [2.75, 3.05) is 0 Å². The van der Waals surface area contributed by atoms with E-state index in [1.165, 1.54) is 12.8 Å². The second-order valence-electron chi connectivity index (χ2n) is 3.28.